The van der Waals surface area contributed by atoms with Crippen LogP contribution in [0.5, 0.6) is 0 Å². The fraction of sp³-hybridized carbons (Fsp3) is 0.125. The van der Waals surface area contributed by atoms with E-state index in [4.69, 9.17) is 4.98 Å². The number of benzene rings is 3. The van der Waals surface area contributed by atoms with Crippen LogP contribution in [0.4, 0.5) is 17.1 Å². The molecule has 2 aromatic heterocycles. The van der Waals surface area contributed by atoms with Crippen molar-refractivity contribution in [1.29, 1.82) is 0 Å². The van der Waals surface area contributed by atoms with Crippen molar-refractivity contribution in [3.8, 4) is 22.3 Å². The highest BCUT2D eigenvalue weighted by molar-refractivity contribution is 5.93. The fourth-order valence-electron chi connectivity index (χ4n) is 6.96. The second-order valence-corrected chi connectivity index (χ2v) is 10.2. The zero-order chi connectivity index (χ0) is 22.7. The lowest BCUT2D eigenvalue weighted by Gasteiger charge is -2.39. The molecular weight excluding hydrogens is 426 g/mol. The molecule has 0 fully saturated rings. The number of aromatic nitrogens is 2. The molecule has 3 heteroatoms. The van der Waals surface area contributed by atoms with Crippen molar-refractivity contribution in [2.45, 2.75) is 25.7 Å². The van der Waals surface area contributed by atoms with Gasteiger partial charge in [0.2, 0.25) is 0 Å². The van der Waals surface area contributed by atoms with Crippen molar-refractivity contribution in [1.82, 2.24) is 9.97 Å². The van der Waals surface area contributed by atoms with Crippen LogP contribution in [0.25, 0.3) is 22.3 Å². The van der Waals surface area contributed by atoms with Crippen LogP contribution in [0.15, 0.2) is 79.3 Å². The molecule has 0 atom stereocenters. The maximum atomic E-state index is 4.87. The van der Waals surface area contributed by atoms with Gasteiger partial charge in [0.25, 0.3) is 0 Å². The number of rotatable bonds is 0. The molecule has 0 bridgehead atoms. The number of anilines is 3. The Morgan fingerprint density at radius 2 is 1.43 bits per heavy atom. The molecule has 9 rings (SSSR count). The Balaban J connectivity index is 1.26. The van der Waals surface area contributed by atoms with Gasteiger partial charge in [0.05, 0.1) is 29.0 Å². The summed E-state index contributed by atoms with van der Waals surface area (Å²) < 4.78 is 0. The van der Waals surface area contributed by atoms with E-state index in [1.807, 2.05) is 18.6 Å². The van der Waals surface area contributed by atoms with Gasteiger partial charge in [0.1, 0.15) is 0 Å². The highest BCUT2D eigenvalue weighted by Gasteiger charge is 2.35. The van der Waals surface area contributed by atoms with Crippen molar-refractivity contribution in [3.63, 3.8) is 0 Å². The molecule has 5 aromatic rings. The maximum Gasteiger partial charge on any atom is 0.0716 e. The van der Waals surface area contributed by atoms with Crippen molar-refractivity contribution in [3.05, 3.63) is 124 Å². The van der Waals surface area contributed by atoms with Gasteiger partial charge in [-0.05, 0) is 98.3 Å². The van der Waals surface area contributed by atoms with E-state index >= 15 is 0 Å². The van der Waals surface area contributed by atoms with Crippen molar-refractivity contribution < 1.29 is 0 Å². The minimum Gasteiger partial charge on any atom is -0.306 e. The van der Waals surface area contributed by atoms with Crippen LogP contribution in [-0.4, -0.2) is 9.97 Å². The van der Waals surface area contributed by atoms with Crippen LogP contribution in [0, 0.1) is 0 Å². The molecule has 3 aromatic carbocycles. The summed E-state index contributed by atoms with van der Waals surface area (Å²) in [5.74, 6) is 0. The van der Waals surface area contributed by atoms with Crippen LogP contribution in [0.2, 0.25) is 0 Å². The Kier molecular flexibility index (Phi) is 3.24. The number of fused-ring (bicyclic) bond motifs is 11. The smallest absolute Gasteiger partial charge is 0.0716 e. The molecule has 0 spiro atoms. The van der Waals surface area contributed by atoms with Crippen LogP contribution in [-0.2, 0) is 25.7 Å². The van der Waals surface area contributed by atoms with Crippen molar-refractivity contribution >= 4 is 17.1 Å². The minimum absolute atomic E-state index is 0.893. The van der Waals surface area contributed by atoms with Gasteiger partial charge >= 0.3 is 0 Å². The zero-order valence-electron chi connectivity index (χ0n) is 19.2. The van der Waals surface area contributed by atoms with Gasteiger partial charge in [0, 0.05) is 25.2 Å². The largest absolute Gasteiger partial charge is 0.306 e. The van der Waals surface area contributed by atoms with Gasteiger partial charge in [-0.2, -0.15) is 0 Å². The summed E-state index contributed by atoms with van der Waals surface area (Å²) in [5.41, 5.74) is 20.5. The lowest BCUT2D eigenvalue weighted by molar-refractivity contribution is 0.944. The first-order valence-corrected chi connectivity index (χ1v) is 12.4. The molecule has 2 aliphatic carbocycles. The van der Waals surface area contributed by atoms with Crippen LogP contribution in [0.3, 0.4) is 0 Å². The molecule has 164 valence electrons. The Bertz CT molecular complexity index is 1760. The lowest BCUT2D eigenvalue weighted by Crippen LogP contribution is -2.26. The second kappa shape index (κ2) is 6.25. The minimum atomic E-state index is 0.893. The normalized spacial score (nSPS) is 14.9. The van der Waals surface area contributed by atoms with E-state index < -0.39 is 0 Å². The SMILES string of the molecule is c1ccc2c(c1)Cc1cc3c(cc1-2)-c1ccc2c(c1C3)Cc1nccc3c1N2c1cnccc1C3. The average molecular weight is 448 g/mol. The summed E-state index contributed by atoms with van der Waals surface area (Å²) in [7, 11) is 0. The molecule has 0 amide bonds. The number of hydrogen-bond acceptors (Lipinski definition) is 3. The summed E-state index contributed by atoms with van der Waals surface area (Å²) in [6, 6.07) is 22.9. The molecule has 0 saturated carbocycles. The predicted molar refractivity (Wildman–Crippen MR) is 139 cm³/mol. The van der Waals surface area contributed by atoms with Gasteiger partial charge in [-0.3, -0.25) is 9.97 Å². The highest BCUT2D eigenvalue weighted by atomic mass is 15.2. The predicted octanol–water partition coefficient (Wildman–Crippen LogP) is 6.90. The molecule has 0 saturated heterocycles. The molecule has 0 radical (unpaired) electrons. The zero-order valence-corrected chi connectivity index (χ0v) is 19.2. The molecule has 3 nitrogen and oxygen atoms in total. The summed E-state index contributed by atoms with van der Waals surface area (Å²) in [4.78, 5) is 11.8. The lowest BCUT2D eigenvalue weighted by atomic mass is 9.87. The topological polar surface area (TPSA) is 29.0 Å². The standard InChI is InChI=1S/C32H21N3/c1-2-4-23-18(3-1)11-21-13-22-14-27-24(26(22)15-25(21)23)5-6-30-28(27)16-29-32-20(8-10-34-29)12-19-7-9-33-17-31(19)35(30)32/h1-10,13,15,17H,11-12,14,16H2. The first kappa shape index (κ1) is 18.1. The highest BCUT2D eigenvalue weighted by Crippen LogP contribution is 2.53. The van der Waals surface area contributed by atoms with Gasteiger partial charge in [0.15, 0.2) is 0 Å². The summed E-state index contributed by atoms with van der Waals surface area (Å²) in [6.07, 6.45) is 9.80. The van der Waals surface area contributed by atoms with Crippen LogP contribution < -0.4 is 4.90 Å². The third-order valence-electron chi connectivity index (χ3n) is 8.48. The molecular formula is C32H21N3. The summed E-state index contributed by atoms with van der Waals surface area (Å²) in [5, 5.41) is 0. The molecule has 4 aliphatic rings. The first-order chi connectivity index (χ1) is 17.3. The molecule has 0 unspecified atom stereocenters. The van der Waals surface area contributed by atoms with Crippen LogP contribution in [0.1, 0.15) is 44.6 Å². The van der Waals surface area contributed by atoms with Crippen molar-refractivity contribution in [2.75, 3.05) is 4.90 Å². The Morgan fingerprint density at radius 1 is 0.571 bits per heavy atom. The number of pyridine rings is 2. The second-order valence-electron chi connectivity index (χ2n) is 10.2. The van der Waals surface area contributed by atoms with Gasteiger partial charge in [-0.25, -0.2) is 0 Å². The molecule has 4 heterocycles. The average Bonchev–Trinajstić information content (AvgIpc) is 3.44. The van der Waals surface area contributed by atoms with E-state index in [-0.39, 0.29) is 0 Å². The van der Waals surface area contributed by atoms with E-state index in [2.05, 4.69) is 70.5 Å². The monoisotopic (exact) mass is 447 g/mol. The van der Waals surface area contributed by atoms with E-state index in [1.54, 1.807) is 0 Å². The van der Waals surface area contributed by atoms with Crippen LogP contribution >= 0.6 is 0 Å². The van der Waals surface area contributed by atoms with Gasteiger partial charge in [-0.1, -0.05) is 36.4 Å². The molecule has 0 N–H and O–H groups in total. The van der Waals surface area contributed by atoms with E-state index in [1.165, 1.54) is 84.0 Å². The quantitative estimate of drug-likeness (QED) is 0.253. The fourth-order valence-corrected chi connectivity index (χ4v) is 6.96. The Labute approximate surface area is 203 Å². The van der Waals surface area contributed by atoms with E-state index in [0.717, 1.165) is 25.7 Å². The van der Waals surface area contributed by atoms with E-state index in [0.29, 0.717) is 0 Å². The van der Waals surface area contributed by atoms with E-state index in [9.17, 15) is 0 Å². The van der Waals surface area contributed by atoms with Gasteiger partial charge < -0.3 is 4.90 Å². The summed E-state index contributed by atoms with van der Waals surface area (Å²) in [6.45, 7) is 0. The van der Waals surface area contributed by atoms with Gasteiger partial charge in [-0.15, -0.1) is 0 Å². The number of nitrogens with zero attached hydrogens (tertiary/aromatic N) is 3. The Morgan fingerprint density at radius 3 is 2.43 bits per heavy atom. The molecule has 2 aliphatic heterocycles. The number of hydrogen-bond donors (Lipinski definition) is 0. The summed E-state index contributed by atoms with van der Waals surface area (Å²) >= 11 is 0. The first-order valence-electron chi connectivity index (χ1n) is 12.4. The molecule has 35 heavy (non-hydrogen) atoms. The third kappa shape index (κ3) is 2.26. The third-order valence-corrected chi connectivity index (χ3v) is 8.48. The van der Waals surface area contributed by atoms with Crippen molar-refractivity contribution in [2.24, 2.45) is 0 Å². The Hall–Kier alpha value is -4.24. The maximum absolute atomic E-state index is 4.87.